The Hall–Kier alpha value is -0.630. The minimum atomic E-state index is -0.472. The van der Waals surface area contributed by atoms with E-state index in [0.29, 0.717) is 12.8 Å². The third-order valence-corrected chi connectivity index (χ3v) is 2.91. The molecule has 1 aliphatic carbocycles. The summed E-state index contributed by atoms with van der Waals surface area (Å²) in [6.45, 7) is 0. The second-order valence-electron chi connectivity index (χ2n) is 3.49. The lowest BCUT2D eigenvalue weighted by Crippen LogP contribution is -2.16. The number of benzene rings is 1. The topological polar surface area (TPSA) is 17.1 Å². The SMILES string of the molecule is [2H]c1c([2H])c(C2CCCCC2=O)c([2H])c([2H])c1Br. The number of rotatable bonds is 1. The second-order valence-corrected chi connectivity index (χ2v) is 4.29. The maximum absolute atomic E-state index is 11.9. The summed E-state index contributed by atoms with van der Waals surface area (Å²) in [5.74, 6) is -0.440. The Labute approximate surface area is 98.3 Å². The summed E-state index contributed by atoms with van der Waals surface area (Å²) in [4.78, 5) is 11.9. The average molecular weight is 257 g/mol. The number of hydrogen-bond acceptors (Lipinski definition) is 1. The highest BCUT2D eigenvalue weighted by Crippen LogP contribution is 2.30. The van der Waals surface area contributed by atoms with Crippen LogP contribution >= 0.6 is 15.9 Å². The fourth-order valence-corrected chi connectivity index (χ4v) is 1.97. The molecule has 1 aliphatic rings. The number of hydrogen-bond donors (Lipinski definition) is 0. The van der Waals surface area contributed by atoms with Crippen LogP contribution in [0.25, 0.3) is 0 Å². The molecule has 1 fully saturated rings. The quantitative estimate of drug-likeness (QED) is 0.750. The van der Waals surface area contributed by atoms with Crippen LogP contribution in [0.2, 0.25) is 0 Å². The third kappa shape index (κ3) is 2.06. The molecule has 1 nitrogen and oxygen atoms in total. The Balaban J connectivity index is 2.60. The van der Waals surface area contributed by atoms with Gasteiger partial charge in [-0.05, 0) is 30.5 Å². The molecule has 1 aromatic carbocycles. The first kappa shape index (κ1) is 6.06. The van der Waals surface area contributed by atoms with Crippen molar-refractivity contribution >= 4 is 21.7 Å². The van der Waals surface area contributed by atoms with Crippen LogP contribution in [0.15, 0.2) is 28.6 Å². The van der Waals surface area contributed by atoms with Gasteiger partial charge in [-0.25, -0.2) is 0 Å². The van der Waals surface area contributed by atoms with Gasteiger partial charge in [-0.1, -0.05) is 34.4 Å². The monoisotopic (exact) mass is 256 g/mol. The van der Waals surface area contributed by atoms with Gasteiger partial charge in [0.25, 0.3) is 0 Å². The number of Topliss-reactive ketones (excluding diaryl/α,β-unsaturated/α-hetero) is 1. The van der Waals surface area contributed by atoms with Crippen LogP contribution in [0.1, 0.15) is 42.6 Å². The molecule has 0 amide bonds. The van der Waals surface area contributed by atoms with Crippen molar-refractivity contribution in [3.63, 3.8) is 0 Å². The molecule has 0 N–H and O–H groups in total. The third-order valence-electron chi connectivity index (χ3n) is 2.52. The van der Waals surface area contributed by atoms with E-state index in [1.165, 1.54) is 0 Å². The van der Waals surface area contributed by atoms with Crippen LogP contribution in [0.4, 0.5) is 0 Å². The first-order valence-corrected chi connectivity index (χ1v) is 5.53. The molecule has 1 saturated carbocycles. The molecule has 1 atom stereocenters. The highest BCUT2D eigenvalue weighted by molar-refractivity contribution is 9.10. The van der Waals surface area contributed by atoms with Crippen molar-refractivity contribution < 1.29 is 10.3 Å². The molecule has 0 aliphatic heterocycles. The lowest BCUT2D eigenvalue weighted by atomic mass is 9.83. The van der Waals surface area contributed by atoms with Crippen molar-refractivity contribution in [3.8, 4) is 0 Å². The molecule has 74 valence electrons. The Kier molecular flexibility index (Phi) is 1.85. The van der Waals surface area contributed by atoms with Crippen molar-refractivity contribution in [2.75, 3.05) is 0 Å². The lowest BCUT2D eigenvalue weighted by molar-refractivity contribution is -0.121. The lowest BCUT2D eigenvalue weighted by Gasteiger charge is -2.20. The van der Waals surface area contributed by atoms with Crippen molar-refractivity contribution in [1.82, 2.24) is 0 Å². The Morgan fingerprint density at radius 1 is 1.29 bits per heavy atom. The summed E-state index contributed by atoms with van der Waals surface area (Å²) in [6.07, 6.45) is 2.84. The normalized spacial score (nSPS) is 26.4. The van der Waals surface area contributed by atoms with Crippen molar-refractivity contribution in [1.29, 1.82) is 0 Å². The van der Waals surface area contributed by atoms with E-state index in [4.69, 9.17) is 5.48 Å². The maximum Gasteiger partial charge on any atom is 0.140 e. The van der Waals surface area contributed by atoms with E-state index < -0.39 is 5.92 Å². The van der Waals surface area contributed by atoms with E-state index in [1.807, 2.05) is 0 Å². The number of carbonyl (C=O) groups is 1. The van der Waals surface area contributed by atoms with Gasteiger partial charge >= 0.3 is 0 Å². The zero-order chi connectivity index (χ0) is 13.4. The van der Waals surface area contributed by atoms with E-state index in [2.05, 4.69) is 15.9 Å². The minimum Gasteiger partial charge on any atom is -0.299 e. The van der Waals surface area contributed by atoms with E-state index in [1.54, 1.807) is 0 Å². The van der Waals surface area contributed by atoms with Gasteiger partial charge in [0.2, 0.25) is 0 Å². The Morgan fingerprint density at radius 3 is 2.64 bits per heavy atom. The molecular weight excluding hydrogens is 240 g/mol. The molecule has 0 bridgehead atoms. The molecule has 0 saturated heterocycles. The van der Waals surface area contributed by atoms with Gasteiger partial charge in [-0.15, -0.1) is 0 Å². The molecule has 2 heteroatoms. The average Bonchev–Trinajstić information content (AvgIpc) is 2.36. The molecule has 0 radical (unpaired) electrons. The van der Waals surface area contributed by atoms with Crippen LogP contribution < -0.4 is 0 Å². The zero-order valence-corrected chi connectivity index (χ0v) is 9.28. The fourth-order valence-electron chi connectivity index (χ4n) is 1.77. The Morgan fingerprint density at radius 2 is 2.00 bits per heavy atom. The van der Waals surface area contributed by atoms with Crippen LogP contribution in [-0.2, 0) is 4.79 Å². The standard InChI is InChI=1S/C12H13BrO/c13-10-7-5-9(6-8-10)11-3-1-2-4-12(11)14/h5-8,11H,1-4H2/i5D,6D,7D,8D. The summed E-state index contributed by atoms with van der Waals surface area (Å²) < 4.78 is 31.5. The summed E-state index contributed by atoms with van der Waals surface area (Å²) in [5.41, 5.74) is 0.262. The molecule has 0 aromatic heterocycles. The van der Waals surface area contributed by atoms with Gasteiger partial charge in [-0.2, -0.15) is 0 Å². The second kappa shape index (κ2) is 4.26. The predicted molar refractivity (Wildman–Crippen MR) is 60.4 cm³/mol. The van der Waals surface area contributed by atoms with Gasteiger partial charge in [-0.3, -0.25) is 4.79 Å². The molecular formula is C12H13BrO. The van der Waals surface area contributed by atoms with Gasteiger partial charge in [0.15, 0.2) is 0 Å². The van der Waals surface area contributed by atoms with Crippen molar-refractivity contribution in [3.05, 3.63) is 34.2 Å². The number of ketones is 1. The van der Waals surface area contributed by atoms with Crippen molar-refractivity contribution in [2.24, 2.45) is 0 Å². The molecule has 0 heterocycles. The van der Waals surface area contributed by atoms with Crippen molar-refractivity contribution in [2.45, 2.75) is 31.6 Å². The summed E-state index contributed by atoms with van der Waals surface area (Å²) in [6, 6.07) is -0.403. The van der Waals surface area contributed by atoms with E-state index >= 15 is 0 Å². The van der Waals surface area contributed by atoms with Crippen LogP contribution in [0.5, 0.6) is 0 Å². The highest BCUT2D eigenvalue weighted by Gasteiger charge is 2.23. The fraction of sp³-hybridized carbons (Fsp3) is 0.417. The largest absolute Gasteiger partial charge is 0.299 e. The summed E-state index contributed by atoms with van der Waals surface area (Å²) in [5, 5.41) is 0. The van der Waals surface area contributed by atoms with Crippen LogP contribution in [0, 0.1) is 0 Å². The Bertz CT molecular complexity index is 486. The van der Waals surface area contributed by atoms with E-state index in [9.17, 15) is 4.79 Å². The van der Waals surface area contributed by atoms with E-state index in [-0.39, 0.29) is 40.0 Å². The summed E-state index contributed by atoms with van der Waals surface area (Å²) >= 11 is 3.05. The molecule has 14 heavy (non-hydrogen) atoms. The molecule has 0 spiro atoms. The maximum atomic E-state index is 11.9. The van der Waals surface area contributed by atoms with E-state index in [0.717, 1.165) is 12.8 Å². The first-order chi connectivity index (χ1) is 8.45. The van der Waals surface area contributed by atoms with Gasteiger partial charge in [0.05, 0.1) is 5.48 Å². The highest BCUT2D eigenvalue weighted by atomic mass is 79.9. The minimum absolute atomic E-state index is 0.0318. The van der Waals surface area contributed by atoms with Gasteiger partial charge in [0.1, 0.15) is 5.78 Å². The number of halogens is 1. The predicted octanol–water partition coefficient (Wildman–Crippen LogP) is 3.68. The molecule has 1 unspecified atom stereocenters. The number of carbonyl (C=O) groups excluding carboxylic acids is 1. The first-order valence-electron chi connectivity index (χ1n) is 6.73. The molecule has 1 aromatic rings. The van der Waals surface area contributed by atoms with Gasteiger partial charge < -0.3 is 0 Å². The summed E-state index contributed by atoms with van der Waals surface area (Å²) in [7, 11) is 0. The molecule has 2 rings (SSSR count). The smallest absolute Gasteiger partial charge is 0.140 e. The van der Waals surface area contributed by atoms with Crippen LogP contribution in [0.3, 0.4) is 0 Å². The zero-order valence-electron chi connectivity index (χ0n) is 11.7. The van der Waals surface area contributed by atoms with Gasteiger partial charge in [0, 0.05) is 16.8 Å². The van der Waals surface area contributed by atoms with Crippen LogP contribution in [-0.4, -0.2) is 5.78 Å².